The molecule has 0 aliphatic heterocycles. The second-order valence-corrected chi connectivity index (χ2v) is 6.46. The van der Waals surface area contributed by atoms with E-state index >= 15 is 0 Å². The minimum absolute atomic E-state index is 0.0940. The van der Waals surface area contributed by atoms with Gasteiger partial charge in [-0.15, -0.1) is 0 Å². The zero-order valence-corrected chi connectivity index (χ0v) is 12.1. The van der Waals surface area contributed by atoms with Gasteiger partial charge in [0.15, 0.2) is 0 Å². The van der Waals surface area contributed by atoms with Crippen LogP contribution in [0.5, 0.6) is 0 Å². The Hall–Kier alpha value is -1.30. The van der Waals surface area contributed by atoms with Crippen LogP contribution in [0.2, 0.25) is 5.02 Å². The summed E-state index contributed by atoms with van der Waals surface area (Å²) in [4.78, 5) is 0. The van der Waals surface area contributed by atoms with E-state index in [-0.39, 0.29) is 11.1 Å². The average Bonchev–Trinajstić information content (AvgIpc) is 2.76. The highest BCUT2D eigenvalue weighted by molar-refractivity contribution is 7.89. The number of halogens is 1. The second-order valence-electron chi connectivity index (χ2n) is 4.41. The van der Waals surface area contributed by atoms with Crippen molar-refractivity contribution in [1.82, 2.24) is 4.72 Å². The molecule has 102 valence electrons. The molecule has 0 radical (unpaired) electrons. The lowest BCUT2D eigenvalue weighted by Crippen LogP contribution is -2.30. The van der Waals surface area contributed by atoms with Crippen molar-refractivity contribution in [2.75, 3.05) is 0 Å². The highest BCUT2D eigenvalue weighted by Gasteiger charge is 2.24. The third-order valence-electron chi connectivity index (χ3n) is 2.40. The molecule has 0 unspecified atom stereocenters. The molecule has 0 aliphatic rings. The largest absolute Gasteiger partial charge is 0.451 e. The van der Waals surface area contributed by atoms with E-state index in [0.29, 0.717) is 16.1 Å². The van der Waals surface area contributed by atoms with E-state index in [9.17, 15) is 8.42 Å². The fourth-order valence-corrected chi connectivity index (χ4v) is 3.31. The summed E-state index contributed by atoms with van der Waals surface area (Å²) in [5, 5.41) is 0.447. The van der Waals surface area contributed by atoms with Crippen molar-refractivity contribution < 1.29 is 12.8 Å². The quantitative estimate of drug-likeness (QED) is 0.942. The topological polar surface area (TPSA) is 59.3 Å². The molecule has 6 heteroatoms. The third-order valence-corrected chi connectivity index (χ3v) is 4.22. The number of hydrogen-bond acceptors (Lipinski definition) is 3. The van der Waals surface area contributed by atoms with Gasteiger partial charge in [0, 0.05) is 16.6 Å². The summed E-state index contributed by atoms with van der Waals surface area (Å²) in [7, 11) is -3.67. The first-order valence-corrected chi connectivity index (χ1v) is 7.62. The first-order chi connectivity index (χ1) is 8.90. The van der Waals surface area contributed by atoms with Gasteiger partial charge < -0.3 is 4.42 Å². The van der Waals surface area contributed by atoms with Gasteiger partial charge in [-0.05, 0) is 37.6 Å². The summed E-state index contributed by atoms with van der Waals surface area (Å²) in [6, 6.07) is 8.37. The van der Waals surface area contributed by atoms with Crippen molar-refractivity contribution in [2.24, 2.45) is 0 Å². The SMILES string of the molecule is CC(C)NS(=O)(=O)c1occc1-c1cccc(Cl)c1. The van der Waals surface area contributed by atoms with Gasteiger partial charge in [-0.3, -0.25) is 0 Å². The molecule has 1 aromatic heterocycles. The Labute approximate surface area is 117 Å². The Morgan fingerprint density at radius 1 is 1.26 bits per heavy atom. The van der Waals surface area contributed by atoms with Crippen LogP contribution in [-0.2, 0) is 10.0 Å². The number of benzene rings is 1. The molecule has 1 aromatic carbocycles. The second kappa shape index (κ2) is 5.36. The standard InChI is InChI=1S/C13H14ClNO3S/c1-9(2)15-19(16,17)13-12(6-7-18-13)10-4-3-5-11(14)8-10/h3-9,15H,1-2H3. The van der Waals surface area contributed by atoms with Crippen LogP contribution in [0.15, 0.2) is 46.1 Å². The van der Waals surface area contributed by atoms with Crippen LogP contribution < -0.4 is 4.72 Å². The molecule has 19 heavy (non-hydrogen) atoms. The normalized spacial score (nSPS) is 12.0. The predicted octanol–water partition coefficient (Wildman–Crippen LogP) is 3.29. The van der Waals surface area contributed by atoms with E-state index in [0.717, 1.165) is 0 Å². The molecule has 2 rings (SSSR count). The molecule has 0 bridgehead atoms. The first kappa shape index (κ1) is 14.1. The Balaban J connectivity index is 2.49. The van der Waals surface area contributed by atoms with Gasteiger partial charge in [-0.25, -0.2) is 13.1 Å². The number of hydrogen-bond donors (Lipinski definition) is 1. The van der Waals surface area contributed by atoms with Gasteiger partial charge in [0.25, 0.3) is 10.0 Å². The van der Waals surface area contributed by atoms with Crippen molar-refractivity contribution in [3.63, 3.8) is 0 Å². The lowest BCUT2D eigenvalue weighted by Gasteiger charge is -2.09. The molecule has 0 fully saturated rings. The summed E-state index contributed by atoms with van der Waals surface area (Å²) in [5.74, 6) is 0. The van der Waals surface area contributed by atoms with Gasteiger partial charge in [-0.1, -0.05) is 23.7 Å². The summed E-state index contributed by atoms with van der Waals surface area (Å²) < 4.78 is 31.9. The molecule has 1 heterocycles. The molecule has 1 N–H and O–H groups in total. The van der Waals surface area contributed by atoms with E-state index in [2.05, 4.69) is 4.72 Å². The van der Waals surface area contributed by atoms with Gasteiger partial charge in [-0.2, -0.15) is 0 Å². The van der Waals surface area contributed by atoms with Crippen LogP contribution in [0.4, 0.5) is 0 Å². The van der Waals surface area contributed by atoms with E-state index in [1.54, 1.807) is 44.2 Å². The maximum Gasteiger partial charge on any atom is 0.274 e. The Morgan fingerprint density at radius 3 is 2.63 bits per heavy atom. The summed E-state index contributed by atoms with van der Waals surface area (Å²) in [5.41, 5.74) is 1.20. The molecule has 0 saturated heterocycles. The van der Waals surface area contributed by atoms with Crippen LogP contribution in [-0.4, -0.2) is 14.5 Å². The van der Waals surface area contributed by atoms with E-state index < -0.39 is 10.0 Å². The number of sulfonamides is 1. The summed E-state index contributed by atoms with van der Waals surface area (Å²) >= 11 is 5.92. The monoisotopic (exact) mass is 299 g/mol. The highest BCUT2D eigenvalue weighted by atomic mass is 35.5. The Kier molecular flexibility index (Phi) is 3.99. The Bertz CT molecular complexity index is 677. The number of nitrogens with one attached hydrogen (secondary N) is 1. The maximum absolute atomic E-state index is 12.1. The smallest absolute Gasteiger partial charge is 0.274 e. The van der Waals surface area contributed by atoms with Crippen molar-refractivity contribution in [2.45, 2.75) is 25.0 Å². The fraction of sp³-hybridized carbons (Fsp3) is 0.231. The van der Waals surface area contributed by atoms with Crippen LogP contribution in [0.25, 0.3) is 11.1 Å². The molecular formula is C13H14ClNO3S. The zero-order chi connectivity index (χ0) is 14.0. The number of furan rings is 1. The van der Waals surface area contributed by atoms with Crippen molar-refractivity contribution >= 4 is 21.6 Å². The molecule has 2 aromatic rings. The summed E-state index contributed by atoms with van der Waals surface area (Å²) in [6.07, 6.45) is 1.35. The van der Waals surface area contributed by atoms with Crippen molar-refractivity contribution in [1.29, 1.82) is 0 Å². The fourth-order valence-electron chi connectivity index (χ4n) is 1.74. The van der Waals surface area contributed by atoms with E-state index in [4.69, 9.17) is 16.0 Å². The molecule has 4 nitrogen and oxygen atoms in total. The molecular weight excluding hydrogens is 286 g/mol. The average molecular weight is 300 g/mol. The minimum atomic E-state index is -3.67. The van der Waals surface area contributed by atoms with Gasteiger partial charge in [0.05, 0.1) is 6.26 Å². The molecule has 0 aliphatic carbocycles. The molecule has 0 atom stereocenters. The Morgan fingerprint density at radius 2 is 2.00 bits per heavy atom. The molecule has 0 amide bonds. The van der Waals surface area contributed by atoms with Crippen LogP contribution in [0, 0.1) is 0 Å². The highest BCUT2D eigenvalue weighted by Crippen LogP contribution is 2.30. The zero-order valence-electron chi connectivity index (χ0n) is 10.6. The van der Waals surface area contributed by atoms with Crippen molar-refractivity contribution in [3.8, 4) is 11.1 Å². The number of rotatable bonds is 4. The minimum Gasteiger partial charge on any atom is -0.451 e. The van der Waals surface area contributed by atoms with Crippen molar-refractivity contribution in [3.05, 3.63) is 41.6 Å². The molecule has 0 saturated carbocycles. The van der Waals surface area contributed by atoms with Gasteiger partial charge >= 0.3 is 0 Å². The van der Waals surface area contributed by atoms with E-state index in [1.165, 1.54) is 6.26 Å². The maximum atomic E-state index is 12.1. The lowest BCUT2D eigenvalue weighted by molar-refractivity contribution is 0.445. The van der Waals surface area contributed by atoms with Crippen LogP contribution in [0.3, 0.4) is 0 Å². The predicted molar refractivity (Wildman–Crippen MR) is 74.6 cm³/mol. The van der Waals surface area contributed by atoms with Crippen LogP contribution in [0.1, 0.15) is 13.8 Å². The first-order valence-electron chi connectivity index (χ1n) is 5.76. The van der Waals surface area contributed by atoms with Gasteiger partial charge in [0.1, 0.15) is 0 Å². The van der Waals surface area contributed by atoms with E-state index in [1.807, 2.05) is 0 Å². The lowest BCUT2D eigenvalue weighted by atomic mass is 10.1. The van der Waals surface area contributed by atoms with Gasteiger partial charge in [0.2, 0.25) is 5.09 Å². The summed E-state index contributed by atoms with van der Waals surface area (Å²) in [6.45, 7) is 3.50. The third kappa shape index (κ3) is 3.18. The van der Waals surface area contributed by atoms with Crippen LogP contribution >= 0.6 is 11.6 Å². The molecule has 0 spiro atoms.